The molecule has 21 heavy (non-hydrogen) atoms. The molecule has 110 valence electrons. The van der Waals surface area contributed by atoms with Crippen molar-refractivity contribution in [3.05, 3.63) is 59.9 Å². The lowest BCUT2D eigenvalue weighted by molar-refractivity contribution is 0.294. The van der Waals surface area contributed by atoms with E-state index in [1.54, 1.807) is 18.3 Å². The number of benzene rings is 2. The second-order valence-electron chi connectivity index (χ2n) is 4.63. The summed E-state index contributed by atoms with van der Waals surface area (Å²) in [5, 5.41) is 4.08. The molecule has 3 nitrogen and oxygen atoms in total. The number of hydrogen-bond acceptors (Lipinski definition) is 3. The number of anilines is 1. The van der Waals surface area contributed by atoms with Crippen LogP contribution in [0.25, 0.3) is 0 Å². The molecule has 0 aliphatic carbocycles. The van der Waals surface area contributed by atoms with E-state index < -0.39 is 0 Å². The van der Waals surface area contributed by atoms with Gasteiger partial charge in [-0.3, -0.25) is 5.43 Å². The van der Waals surface area contributed by atoms with Gasteiger partial charge in [-0.15, -0.1) is 0 Å². The summed E-state index contributed by atoms with van der Waals surface area (Å²) in [7, 11) is 0. The molecule has 0 saturated carbocycles. The Morgan fingerprint density at radius 2 is 2.00 bits per heavy atom. The molecule has 0 fully saturated rings. The van der Waals surface area contributed by atoms with Gasteiger partial charge in [0.1, 0.15) is 0 Å². The Morgan fingerprint density at radius 3 is 2.71 bits per heavy atom. The van der Waals surface area contributed by atoms with Crippen LogP contribution in [0.15, 0.2) is 53.6 Å². The molecular formula is C17H19FN2O. The zero-order valence-electron chi connectivity index (χ0n) is 12.1. The van der Waals surface area contributed by atoms with E-state index in [0.29, 0.717) is 12.2 Å². The number of nitrogens with zero attached hydrogens (tertiary/aromatic N) is 1. The van der Waals surface area contributed by atoms with Gasteiger partial charge in [0.2, 0.25) is 0 Å². The molecule has 0 heterocycles. The van der Waals surface area contributed by atoms with Crippen LogP contribution in [0.2, 0.25) is 0 Å². The molecule has 0 spiro atoms. The van der Waals surface area contributed by atoms with Crippen LogP contribution in [0.3, 0.4) is 0 Å². The lowest BCUT2D eigenvalue weighted by Gasteiger charge is -2.06. The van der Waals surface area contributed by atoms with Gasteiger partial charge in [0.15, 0.2) is 11.6 Å². The highest BCUT2D eigenvalue weighted by Gasteiger charge is 2.03. The average Bonchev–Trinajstić information content (AvgIpc) is 2.51. The third-order valence-electron chi connectivity index (χ3n) is 2.89. The van der Waals surface area contributed by atoms with Crippen molar-refractivity contribution in [1.29, 1.82) is 0 Å². The molecule has 0 atom stereocenters. The van der Waals surface area contributed by atoms with Gasteiger partial charge in [0, 0.05) is 0 Å². The molecule has 2 aromatic rings. The number of ether oxygens (including phenoxy) is 1. The fourth-order valence-electron chi connectivity index (χ4n) is 1.73. The van der Waals surface area contributed by atoms with Crippen LogP contribution < -0.4 is 10.2 Å². The summed E-state index contributed by atoms with van der Waals surface area (Å²) in [5.41, 5.74) is 4.45. The predicted octanol–water partition coefficient (Wildman–Crippen LogP) is 4.45. The molecule has 0 bridgehead atoms. The largest absolute Gasteiger partial charge is 0.491 e. The third kappa shape index (κ3) is 4.91. The second-order valence-corrected chi connectivity index (χ2v) is 4.63. The highest BCUT2D eigenvalue weighted by atomic mass is 19.1. The molecule has 0 aliphatic heterocycles. The van der Waals surface area contributed by atoms with Gasteiger partial charge in [0.05, 0.1) is 18.5 Å². The van der Waals surface area contributed by atoms with Crippen LogP contribution in [-0.4, -0.2) is 12.8 Å². The van der Waals surface area contributed by atoms with E-state index in [1.807, 2.05) is 30.3 Å². The van der Waals surface area contributed by atoms with E-state index >= 15 is 0 Å². The van der Waals surface area contributed by atoms with Gasteiger partial charge < -0.3 is 4.74 Å². The monoisotopic (exact) mass is 286 g/mol. The van der Waals surface area contributed by atoms with E-state index in [2.05, 4.69) is 17.5 Å². The zero-order chi connectivity index (χ0) is 14.9. The first-order chi connectivity index (χ1) is 10.3. The van der Waals surface area contributed by atoms with Crippen LogP contribution >= 0.6 is 0 Å². The Hall–Kier alpha value is -2.36. The van der Waals surface area contributed by atoms with Gasteiger partial charge in [-0.05, 0) is 42.3 Å². The predicted molar refractivity (Wildman–Crippen MR) is 84.5 cm³/mol. The normalized spacial score (nSPS) is 10.8. The lowest BCUT2D eigenvalue weighted by Crippen LogP contribution is -1.99. The first kappa shape index (κ1) is 15.0. The first-order valence-corrected chi connectivity index (χ1v) is 7.06. The minimum Gasteiger partial charge on any atom is -0.491 e. The number of hydrazone groups is 1. The van der Waals surface area contributed by atoms with E-state index in [-0.39, 0.29) is 11.6 Å². The summed E-state index contributed by atoms with van der Waals surface area (Å²) in [6, 6.07) is 14.4. The number of hydrogen-bond donors (Lipinski definition) is 1. The summed E-state index contributed by atoms with van der Waals surface area (Å²) < 4.78 is 19.2. The molecule has 0 aromatic heterocycles. The van der Waals surface area contributed by atoms with E-state index in [9.17, 15) is 4.39 Å². The van der Waals surface area contributed by atoms with Crippen LogP contribution in [0.1, 0.15) is 25.3 Å². The third-order valence-corrected chi connectivity index (χ3v) is 2.89. The van der Waals surface area contributed by atoms with E-state index in [0.717, 1.165) is 18.5 Å². The topological polar surface area (TPSA) is 33.6 Å². The standard InChI is InChI=1S/C17H19FN2O/c1-2-3-11-21-17-10-9-14(12-16(17)18)13-19-20-15-7-5-4-6-8-15/h4-10,12-13,20H,2-3,11H2,1H3. The Morgan fingerprint density at radius 1 is 1.19 bits per heavy atom. The number of halogens is 1. The minimum absolute atomic E-state index is 0.289. The molecule has 0 unspecified atom stereocenters. The molecule has 0 aliphatic rings. The number of nitrogens with one attached hydrogen (secondary N) is 1. The molecule has 4 heteroatoms. The summed E-state index contributed by atoms with van der Waals surface area (Å²) in [6.45, 7) is 2.61. The molecule has 2 aromatic carbocycles. The van der Waals surface area contributed by atoms with Crippen molar-refractivity contribution in [1.82, 2.24) is 0 Å². The average molecular weight is 286 g/mol. The molecule has 0 saturated heterocycles. The maximum Gasteiger partial charge on any atom is 0.165 e. The van der Waals surface area contributed by atoms with Crippen molar-refractivity contribution in [2.75, 3.05) is 12.0 Å². The first-order valence-electron chi connectivity index (χ1n) is 7.06. The lowest BCUT2D eigenvalue weighted by atomic mass is 10.2. The van der Waals surface area contributed by atoms with Gasteiger partial charge in [-0.25, -0.2) is 4.39 Å². The minimum atomic E-state index is -0.366. The van der Waals surface area contributed by atoms with Crippen LogP contribution in [-0.2, 0) is 0 Å². The van der Waals surface area contributed by atoms with Crippen LogP contribution in [0.4, 0.5) is 10.1 Å². The van der Waals surface area contributed by atoms with Crippen molar-refractivity contribution in [3.8, 4) is 5.75 Å². The smallest absolute Gasteiger partial charge is 0.165 e. The maximum absolute atomic E-state index is 13.8. The van der Waals surface area contributed by atoms with Crippen molar-refractivity contribution in [3.63, 3.8) is 0 Å². The zero-order valence-corrected chi connectivity index (χ0v) is 12.1. The van der Waals surface area contributed by atoms with Crippen molar-refractivity contribution < 1.29 is 9.13 Å². The Kier molecular flexibility index (Phi) is 5.76. The van der Waals surface area contributed by atoms with Crippen LogP contribution in [0, 0.1) is 5.82 Å². The molecule has 1 N–H and O–H groups in total. The summed E-state index contributed by atoms with van der Waals surface area (Å²) in [4.78, 5) is 0. The fraction of sp³-hybridized carbons (Fsp3) is 0.235. The highest BCUT2D eigenvalue weighted by Crippen LogP contribution is 2.18. The molecule has 0 amide bonds. The van der Waals surface area contributed by atoms with Crippen molar-refractivity contribution >= 4 is 11.9 Å². The van der Waals surface area contributed by atoms with Gasteiger partial charge in [-0.2, -0.15) is 5.10 Å². The molecule has 2 rings (SSSR count). The van der Waals surface area contributed by atoms with Crippen LogP contribution in [0.5, 0.6) is 5.75 Å². The Balaban J connectivity index is 1.93. The Labute approximate surface area is 124 Å². The van der Waals surface area contributed by atoms with Crippen molar-refractivity contribution in [2.45, 2.75) is 19.8 Å². The number of rotatable bonds is 7. The summed E-state index contributed by atoms with van der Waals surface area (Å²) in [5.74, 6) is -0.0774. The summed E-state index contributed by atoms with van der Waals surface area (Å²) in [6.07, 6.45) is 3.52. The highest BCUT2D eigenvalue weighted by molar-refractivity contribution is 5.80. The van der Waals surface area contributed by atoms with Crippen molar-refractivity contribution in [2.24, 2.45) is 5.10 Å². The molecule has 0 radical (unpaired) electrons. The van der Waals surface area contributed by atoms with Gasteiger partial charge >= 0.3 is 0 Å². The second kappa shape index (κ2) is 8.04. The summed E-state index contributed by atoms with van der Waals surface area (Å²) >= 11 is 0. The number of para-hydroxylation sites is 1. The van der Waals surface area contributed by atoms with Gasteiger partial charge in [-0.1, -0.05) is 31.5 Å². The molecular weight excluding hydrogens is 267 g/mol. The SMILES string of the molecule is CCCCOc1ccc(C=NNc2ccccc2)cc1F. The number of unbranched alkanes of at least 4 members (excludes halogenated alkanes) is 1. The van der Waals surface area contributed by atoms with E-state index in [4.69, 9.17) is 4.74 Å². The maximum atomic E-state index is 13.8. The van der Waals surface area contributed by atoms with E-state index in [1.165, 1.54) is 6.07 Å². The quantitative estimate of drug-likeness (QED) is 0.463. The Bertz CT molecular complexity index is 585. The fourth-order valence-corrected chi connectivity index (χ4v) is 1.73. The van der Waals surface area contributed by atoms with Gasteiger partial charge in [0.25, 0.3) is 0 Å².